The van der Waals surface area contributed by atoms with E-state index in [1.54, 1.807) is 14.0 Å². The molecule has 0 radical (unpaired) electrons. The molecule has 2 atom stereocenters. The van der Waals surface area contributed by atoms with Crippen LogP contribution in [0.3, 0.4) is 0 Å². The smallest absolute Gasteiger partial charge is 0.165 e. The first kappa shape index (κ1) is 24.0. The lowest BCUT2D eigenvalue weighted by Gasteiger charge is -2.33. The number of ketones is 1. The maximum Gasteiger partial charge on any atom is 0.165 e. The minimum Gasteiger partial charge on any atom is -0.493 e. The molecule has 0 saturated carbocycles. The fraction of sp³-hybridized carbons (Fsp3) is 0.321. The number of aryl methyl sites for hydroxylation is 1. The predicted molar refractivity (Wildman–Crippen MR) is 135 cm³/mol. The van der Waals surface area contributed by atoms with Crippen molar-refractivity contribution in [2.24, 2.45) is 0 Å². The second-order valence-electron chi connectivity index (χ2n) is 8.37. The van der Waals surface area contributed by atoms with E-state index in [0.29, 0.717) is 15.2 Å². The van der Waals surface area contributed by atoms with Crippen LogP contribution in [0.1, 0.15) is 60.7 Å². The Morgan fingerprint density at radius 3 is 2.38 bits per heavy atom. The monoisotopic (exact) mass is 448 g/mol. The Balaban J connectivity index is 2.07. The molecule has 2 unspecified atom stereocenters. The maximum atomic E-state index is 12.4. The fourth-order valence-electron chi connectivity index (χ4n) is 4.16. The molecule has 3 aromatic rings. The number of hydrogen-bond donors (Lipinski definition) is 0. The topological polar surface area (TPSA) is 35.5 Å². The van der Waals surface area contributed by atoms with E-state index in [2.05, 4.69) is 45.0 Å². The van der Waals surface area contributed by atoms with E-state index < -0.39 is 0 Å². The molecule has 3 aromatic carbocycles. The van der Waals surface area contributed by atoms with Crippen LogP contribution in [-0.4, -0.2) is 12.9 Å². The van der Waals surface area contributed by atoms with Crippen LogP contribution < -0.4 is 14.8 Å². The van der Waals surface area contributed by atoms with Gasteiger partial charge in [0.1, 0.15) is 6.61 Å². The first-order chi connectivity index (χ1) is 15.4. The number of hydrogen-bond acceptors (Lipinski definition) is 3. The molecule has 0 spiro atoms. The predicted octanol–water partition coefficient (Wildman–Crippen LogP) is 6.80. The summed E-state index contributed by atoms with van der Waals surface area (Å²) >= 11 is 0. The van der Waals surface area contributed by atoms with Crippen LogP contribution in [0.5, 0.6) is 11.5 Å². The van der Waals surface area contributed by atoms with Crippen LogP contribution in [0.15, 0.2) is 66.7 Å². The van der Waals surface area contributed by atoms with Gasteiger partial charge in [-0.2, -0.15) is 0 Å². The zero-order chi connectivity index (χ0) is 23.1. The third kappa shape index (κ3) is 5.40. The molecule has 168 valence electrons. The molecular formula is C28H33O3P. The average Bonchev–Trinajstić information content (AvgIpc) is 2.79. The zero-order valence-corrected chi connectivity index (χ0v) is 20.7. The highest BCUT2D eigenvalue weighted by molar-refractivity contribution is 7.49. The van der Waals surface area contributed by atoms with Gasteiger partial charge in [0.15, 0.2) is 17.3 Å². The van der Waals surface area contributed by atoms with E-state index >= 15 is 0 Å². The lowest BCUT2D eigenvalue weighted by atomic mass is 9.94. The number of benzene rings is 3. The molecule has 0 aromatic heterocycles. The Hall–Kier alpha value is -2.64. The number of ether oxygens (including phenoxy) is 2. The van der Waals surface area contributed by atoms with Crippen molar-refractivity contribution in [2.75, 3.05) is 7.11 Å². The summed E-state index contributed by atoms with van der Waals surface area (Å²) in [5, 5.41) is 0.957. The Bertz CT molecular complexity index is 1060. The van der Waals surface area contributed by atoms with Gasteiger partial charge < -0.3 is 9.47 Å². The van der Waals surface area contributed by atoms with Crippen LogP contribution >= 0.6 is 8.58 Å². The van der Waals surface area contributed by atoms with E-state index in [0.717, 1.165) is 51.9 Å². The van der Waals surface area contributed by atoms with Gasteiger partial charge >= 0.3 is 0 Å². The SMILES string of the molecule is CCCC(C)(Pc1c(C)cccc1C(C)=O)c1cccc(OC)c1OCc1ccccc1. The number of carbonyl (C=O) groups excluding carboxylic acids is 1. The molecule has 0 saturated heterocycles. The number of rotatable bonds is 10. The molecule has 0 fully saturated rings. The van der Waals surface area contributed by atoms with E-state index in [9.17, 15) is 4.79 Å². The summed E-state index contributed by atoms with van der Waals surface area (Å²) in [4.78, 5) is 12.4. The number of para-hydroxylation sites is 1. The van der Waals surface area contributed by atoms with E-state index in [1.807, 2.05) is 42.5 Å². The minimum absolute atomic E-state index is 0.112. The highest BCUT2D eigenvalue weighted by atomic mass is 31.1. The van der Waals surface area contributed by atoms with Crippen LogP contribution in [0, 0.1) is 6.92 Å². The first-order valence-electron chi connectivity index (χ1n) is 11.1. The number of methoxy groups -OCH3 is 1. The van der Waals surface area contributed by atoms with Crippen molar-refractivity contribution in [3.05, 3.63) is 89.0 Å². The number of Topliss-reactive ketones (excluding diaryl/α,β-unsaturated/α-hetero) is 1. The third-order valence-corrected chi connectivity index (χ3v) is 7.81. The largest absolute Gasteiger partial charge is 0.493 e. The van der Waals surface area contributed by atoms with Crippen LogP contribution in [0.4, 0.5) is 0 Å². The lowest BCUT2D eigenvalue weighted by Crippen LogP contribution is -2.24. The van der Waals surface area contributed by atoms with E-state index in [1.165, 1.54) is 0 Å². The van der Waals surface area contributed by atoms with Gasteiger partial charge in [0.05, 0.1) is 7.11 Å². The Kier molecular flexibility index (Phi) is 8.10. The summed E-state index contributed by atoms with van der Waals surface area (Å²) in [6, 6.07) is 22.3. The van der Waals surface area contributed by atoms with Gasteiger partial charge in [0.2, 0.25) is 0 Å². The molecule has 4 heteroatoms. The molecule has 0 N–H and O–H groups in total. The summed E-state index contributed by atoms with van der Waals surface area (Å²) in [6.07, 6.45) is 2.01. The van der Waals surface area contributed by atoms with Gasteiger partial charge in [-0.1, -0.05) is 89.5 Å². The highest BCUT2D eigenvalue weighted by Crippen LogP contribution is 2.51. The molecule has 0 bridgehead atoms. The molecule has 0 aliphatic rings. The molecule has 32 heavy (non-hydrogen) atoms. The Labute approximate surface area is 193 Å². The Morgan fingerprint density at radius 2 is 1.72 bits per heavy atom. The molecular weight excluding hydrogens is 415 g/mol. The molecule has 3 rings (SSSR count). The van der Waals surface area contributed by atoms with Crippen molar-refractivity contribution >= 4 is 19.7 Å². The lowest BCUT2D eigenvalue weighted by molar-refractivity contribution is 0.101. The molecule has 3 nitrogen and oxygen atoms in total. The van der Waals surface area contributed by atoms with Gasteiger partial charge in [-0.3, -0.25) is 4.79 Å². The second-order valence-corrected chi connectivity index (χ2v) is 10.2. The molecule has 0 amide bonds. The standard InChI is InChI=1S/C28H33O3P/c1-6-18-28(4,32-27-20(2)12-10-15-23(27)21(3)29)24-16-11-17-25(30-5)26(24)31-19-22-13-8-7-9-14-22/h7-17,32H,6,18-19H2,1-5H3. The van der Waals surface area contributed by atoms with Crippen molar-refractivity contribution in [3.8, 4) is 11.5 Å². The summed E-state index contributed by atoms with van der Waals surface area (Å²) < 4.78 is 12.1. The van der Waals surface area contributed by atoms with E-state index in [-0.39, 0.29) is 10.9 Å². The third-order valence-electron chi connectivity index (χ3n) is 5.82. The quantitative estimate of drug-likeness (QED) is 0.253. The molecule has 0 heterocycles. The Morgan fingerprint density at radius 1 is 1.00 bits per heavy atom. The highest BCUT2D eigenvalue weighted by Gasteiger charge is 2.32. The van der Waals surface area contributed by atoms with Gasteiger partial charge in [-0.15, -0.1) is 0 Å². The van der Waals surface area contributed by atoms with Crippen LogP contribution in [-0.2, 0) is 11.8 Å². The molecule has 0 aliphatic heterocycles. The van der Waals surface area contributed by atoms with Gasteiger partial charge in [-0.05, 0) is 42.8 Å². The van der Waals surface area contributed by atoms with Crippen molar-refractivity contribution in [1.82, 2.24) is 0 Å². The first-order valence-corrected chi connectivity index (χ1v) is 12.1. The average molecular weight is 449 g/mol. The summed E-state index contributed by atoms with van der Waals surface area (Å²) in [5.74, 6) is 1.64. The normalized spacial score (nSPS) is 13.2. The summed E-state index contributed by atoms with van der Waals surface area (Å²) in [5.41, 5.74) is 4.22. The minimum atomic E-state index is -0.189. The second kappa shape index (κ2) is 10.8. The summed E-state index contributed by atoms with van der Waals surface area (Å²) in [6.45, 7) is 8.72. The van der Waals surface area contributed by atoms with Crippen LogP contribution in [0.25, 0.3) is 0 Å². The van der Waals surface area contributed by atoms with Crippen molar-refractivity contribution < 1.29 is 14.3 Å². The maximum absolute atomic E-state index is 12.4. The zero-order valence-electron chi connectivity index (χ0n) is 19.7. The summed E-state index contributed by atoms with van der Waals surface area (Å²) in [7, 11) is 2.12. The van der Waals surface area contributed by atoms with E-state index in [4.69, 9.17) is 9.47 Å². The van der Waals surface area contributed by atoms with Gasteiger partial charge in [0.25, 0.3) is 0 Å². The van der Waals surface area contributed by atoms with Crippen molar-refractivity contribution in [1.29, 1.82) is 0 Å². The fourth-order valence-corrected chi connectivity index (χ4v) is 6.09. The van der Waals surface area contributed by atoms with Crippen LogP contribution in [0.2, 0.25) is 0 Å². The van der Waals surface area contributed by atoms with Crippen molar-refractivity contribution in [3.63, 3.8) is 0 Å². The van der Waals surface area contributed by atoms with Crippen molar-refractivity contribution in [2.45, 2.75) is 52.3 Å². The number of carbonyl (C=O) groups is 1. The van der Waals surface area contributed by atoms with Gasteiger partial charge in [0, 0.05) is 16.3 Å². The molecule has 0 aliphatic carbocycles. The van der Waals surface area contributed by atoms with Gasteiger partial charge in [-0.25, -0.2) is 0 Å².